The molecule has 0 amide bonds. The molecule has 0 radical (unpaired) electrons. The van der Waals surface area contributed by atoms with Gasteiger partial charge in [0.2, 0.25) is 0 Å². The molecule has 0 bridgehead atoms. The number of hydrogen-bond acceptors (Lipinski definition) is 2. The first-order valence-electron chi connectivity index (χ1n) is 6.95. The fourth-order valence-electron chi connectivity index (χ4n) is 2.37. The van der Waals surface area contributed by atoms with Crippen molar-refractivity contribution in [1.82, 2.24) is 5.32 Å². The third kappa shape index (κ3) is 3.48. The first-order valence-corrected chi connectivity index (χ1v) is 6.95. The molecule has 1 aromatic heterocycles. The molecule has 0 aliphatic heterocycles. The number of nitrogens with one attached hydrogen (secondary N) is 1. The first-order chi connectivity index (χ1) is 9.08. The predicted molar refractivity (Wildman–Crippen MR) is 79.0 cm³/mol. The highest BCUT2D eigenvalue weighted by atomic mass is 16.3. The minimum Gasteiger partial charge on any atom is -0.465 e. The number of benzene rings is 1. The summed E-state index contributed by atoms with van der Waals surface area (Å²) in [7, 11) is 0. The van der Waals surface area contributed by atoms with E-state index in [1.54, 1.807) is 0 Å². The molecule has 0 fully saturated rings. The lowest BCUT2D eigenvalue weighted by Gasteiger charge is -2.26. The summed E-state index contributed by atoms with van der Waals surface area (Å²) in [5.41, 5.74) is 1.33. The first kappa shape index (κ1) is 13.9. The summed E-state index contributed by atoms with van der Waals surface area (Å²) in [5.74, 6) is 2.49. The van der Waals surface area contributed by atoms with Gasteiger partial charge in [-0.1, -0.05) is 44.2 Å². The minimum atomic E-state index is 0.210. The highest BCUT2D eigenvalue weighted by molar-refractivity contribution is 5.20. The van der Waals surface area contributed by atoms with E-state index in [0.29, 0.717) is 12.0 Å². The molecular weight excluding hydrogens is 234 g/mol. The Labute approximate surface area is 115 Å². The SMILES string of the molecule is Cc1ccc(C(C)NC(c2ccccc2)C(C)C)o1. The van der Waals surface area contributed by atoms with Gasteiger partial charge in [0.25, 0.3) is 0 Å². The zero-order valence-electron chi connectivity index (χ0n) is 12.2. The molecule has 1 aromatic carbocycles. The number of aryl methyl sites for hydroxylation is 1. The van der Waals surface area contributed by atoms with Crippen LogP contribution in [0, 0.1) is 12.8 Å². The van der Waals surface area contributed by atoms with Gasteiger partial charge < -0.3 is 9.73 Å². The summed E-state index contributed by atoms with van der Waals surface area (Å²) in [6.07, 6.45) is 0. The smallest absolute Gasteiger partial charge is 0.120 e. The molecule has 19 heavy (non-hydrogen) atoms. The van der Waals surface area contributed by atoms with Crippen molar-refractivity contribution in [3.05, 3.63) is 59.5 Å². The molecule has 0 saturated heterocycles. The third-order valence-corrected chi connectivity index (χ3v) is 3.44. The Morgan fingerprint density at radius 2 is 1.63 bits per heavy atom. The van der Waals surface area contributed by atoms with Gasteiger partial charge in [0, 0.05) is 6.04 Å². The van der Waals surface area contributed by atoms with Crippen LogP contribution < -0.4 is 5.32 Å². The average molecular weight is 257 g/mol. The lowest BCUT2D eigenvalue weighted by Crippen LogP contribution is -2.28. The number of hydrogen-bond donors (Lipinski definition) is 1. The quantitative estimate of drug-likeness (QED) is 0.844. The molecule has 2 heteroatoms. The molecule has 2 nitrogen and oxygen atoms in total. The van der Waals surface area contributed by atoms with Crippen LogP contribution in [0.5, 0.6) is 0 Å². The number of rotatable bonds is 5. The van der Waals surface area contributed by atoms with E-state index in [9.17, 15) is 0 Å². The maximum absolute atomic E-state index is 5.70. The topological polar surface area (TPSA) is 25.2 Å². The average Bonchev–Trinajstić information content (AvgIpc) is 2.83. The maximum Gasteiger partial charge on any atom is 0.120 e. The van der Waals surface area contributed by atoms with Crippen molar-refractivity contribution < 1.29 is 4.42 Å². The summed E-state index contributed by atoms with van der Waals surface area (Å²) in [6.45, 7) is 8.61. The minimum absolute atomic E-state index is 0.210. The van der Waals surface area contributed by atoms with Crippen molar-refractivity contribution in [2.75, 3.05) is 0 Å². The predicted octanol–water partition coefficient (Wildman–Crippen LogP) is 4.64. The Hall–Kier alpha value is -1.54. The van der Waals surface area contributed by atoms with Crippen LogP contribution in [0.4, 0.5) is 0 Å². The van der Waals surface area contributed by atoms with Gasteiger partial charge in [0.05, 0.1) is 6.04 Å². The highest BCUT2D eigenvalue weighted by Gasteiger charge is 2.19. The summed E-state index contributed by atoms with van der Waals surface area (Å²) in [5, 5.41) is 3.67. The zero-order chi connectivity index (χ0) is 13.8. The Morgan fingerprint density at radius 3 is 2.16 bits per heavy atom. The number of furan rings is 1. The van der Waals surface area contributed by atoms with E-state index in [1.807, 2.05) is 13.0 Å². The summed E-state index contributed by atoms with van der Waals surface area (Å²) in [6, 6.07) is 15.2. The largest absolute Gasteiger partial charge is 0.465 e. The zero-order valence-corrected chi connectivity index (χ0v) is 12.2. The Bertz CT molecular complexity index is 501. The van der Waals surface area contributed by atoms with Crippen molar-refractivity contribution in [3.8, 4) is 0 Å². The van der Waals surface area contributed by atoms with E-state index >= 15 is 0 Å². The standard InChI is InChI=1S/C17H23NO/c1-12(2)17(15-8-6-5-7-9-15)18-14(4)16-11-10-13(3)19-16/h5-12,14,17-18H,1-4H3. The van der Waals surface area contributed by atoms with Gasteiger partial charge >= 0.3 is 0 Å². The molecule has 0 saturated carbocycles. The summed E-state index contributed by atoms with van der Waals surface area (Å²) >= 11 is 0. The van der Waals surface area contributed by atoms with E-state index in [4.69, 9.17) is 4.42 Å². The second-order valence-corrected chi connectivity index (χ2v) is 5.47. The van der Waals surface area contributed by atoms with E-state index in [-0.39, 0.29) is 6.04 Å². The van der Waals surface area contributed by atoms with Crippen LogP contribution in [0.3, 0.4) is 0 Å². The van der Waals surface area contributed by atoms with E-state index in [1.165, 1.54) is 5.56 Å². The molecular formula is C17H23NO. The molecule has 2 aromatic rings. The Kier molecular flexibility index (Phi) is 4.43. The monoisotopic (exact) mass is 257 g/mol. The van der Waals surface area contributed by atoms with Crippen LogP contribution in [0.1, 0.15) is 49.9 Å². The van der Waals surface area contributed by atoms with Gasteiger partial charge in [-0.15, -0.1) is 0 Å². The van der Waals surface area contributed by atoms with Crippen LogP contribution in [0.2, 0.25) is 0 Å². The van der Waals surface area contributed by atoms with Gasteiger partial charge in [0.15, 0.2) is 0 Å². The Balaban J connectivity index is 2.13. The van der Waals surface area contributed by atoms with Crippen molar-refractivity contribution in [1.29, 1.82) is 0 Å². The van der Waals surface area contributed by atoms with Crippen LogP contribution in [0.25, 0.3) is 0 Å². The van der Waals surface area contributed by atoms with Gasteiger partial charge in [-0.25, -0.2) is 0 Å². The highest BCUT2D eigenvalue weighted by Crippen LogP contribution is 2.26. The van der Waals surface area contributed by atoms with Crippen LogP contribution in [-0.4, -0.2) is 0 Å². The lowest BCUT2D eigenvalue weighted by molar-refractivity contribution is 0.336. The van der Waals surface area contributed by atoms with Gasteiger partial charge in [-0.2, -0.15) is 0 Å². The molecule has 102 valence electrons. The molecule has 1 heterocycles. The fraction of sp³-hybridized carbons (Fsp3) is 0.412. The normalized spacial score (nSPS) is 14.6. The molecule has 2 unspecified atom stereocenters. The molecule has 1 N–H and O–H groups in total. The van der Waals surface area contributed by atoms with Crippen molar-refractivity contribution in [2.45, 2.75) is 39.8 Å². The third-order valence-electron chi connectivity index (χ3n) is 3.44. The molecule has 0 spiro atoms. The summed E-state index contributed by atoms with van der Waals surface area (Å²) < 4.78 is 5.70. The lowest BCUT2D eigenvalue weighted by atomic mass is 9.95. The van der Waals surface area contributed by atoms with Gasteiger partial charge in [-0.05, 0) is 37.5 Å². The van der Waals surface area contributed by atoms with Crippen molar-refractivity contribution >= 4 is 0 Å². The van der Waals surface area contributed by atoms with Crippen LogP contribution >= 0.6 is 0 Å². The van der Waals surface area contributed by atoms with Crippen LogP contribution in [-0.2, 0) is 0 Å². The van der Waals surface area contributed by atoms with E-state index in [2.05, 4.69) is 62.5 Å². The maximum atomic E-state index is 5.70. The Morgan fingerprint density at radius 1 is 0.947 bits per heavy atom. The second-order valence-electron chi connectivity index (χ2n) is 5.47. The van der Waals surface area contributed by atoms with Crippen LogP contribution in [0.15, 0.2) is 46.9 Å². The second kappa shape index (κ2) is 6.07. The van der Waals surface area contributed by atoms with Crippen molar-refractivity contribution in [2.24, 2.45) is 5.92 Å². The van der Waals surface area contributed by atoms with Crippen molar-refractivity contribution in [3.63, 3.8) is 0 Å². The molecule has 0 aliphatic carbocycles. The fourth-order valence-corrected chi connectivity index (χ4v) is 2.37. The van der Waals surface area contributed by atoms with E-state index < -0.39 is 0 Å². The summed E-state index contributed by atoms with van der Waals surface area (Å²) in [4.78, 5) is 0. The van der Waals surface area contributed by atoms with E-state index in [0.717, 1.165) is 11.5 Å². The van der Waals surface area contributed by atoms with Gasteiger partial charge in [0.1, 0.15) is 11.5 Å². The molecule has 2 atom stereocenters. The molecule has 2 rings (SSSR count). The van der Waals surface area contributed by atoms with Gasteiger partial charge in [-0.3, -0.25) is 0 Å². The molecule has 0 aliphatic rings.